The molecule has 236 valence electrons. The summed E-state index contributed by atoms with van der Waals surface area (Å²) in [6.07, 6.45) is 2.91. The molecule has 9 nitrogen and oxygen atoms in total. The van der Waals surface area contributed by atoms with E-state index < -0.39 is 6.29 Å². The lowest BCUT2D eigenvalue weighted by Gasteiger charge is -2.38. The Balaban J connectivity index is 1.00. The second kappa shape index (κ2) is 12.7. The van der Waals surface area contributed by atoms with Gasteiger partial charge in [0.1, 0.15) is 12.4 Å². The molecule has 0 radical (unpaired) electrons. The SMILES string of the molecule is Cc1ccc(OCc2ccc(CN3CCN(C(=O)C4CC4)CC3)cc2C#N)c(-c2csc(N3C[C@H]4CC[C@@H](C3)[C@H]4C(O)O)n2)c1. The number of aliphatic hydroxyl groups is 2. The monoisotopic (exact) mass is 627 g/mol. The predicted octanol–water partition coefficient (Wildman–Crippen LogP) is 4.40. The molecular weight excluding hydrogens is 586 g/mol. The first kappa shape index (κ1) is 30.2. The predicted molar refractivity (Wildman–Crippen MR) is 172 cm³/mol. The fourth-order valence-corrected chi connectivity index (χ4v) is 8.34. The first-order chi connectivity index (χ1) is 21.9. The highest BCUT2D eigenvalue weighted by Crippen LogP contribution is 2.45. The van der Waals surface area contributed by atoms with Gasteiger partial charge in [0.15, 0.2) is 11.4 Å². The standard InChI is InChI=1S/C35H41N5O4S/c1-22-2-9-31(29(14-22)30-21-45-35(37-30)40-18-25-7-8-26(19-40)32(25)34(42)43)44-20-27-4-3-23(15-28(27)16-36)17-38-10-12-39(13-11-38)33(41)24-5-6-24/h2-4,9,14-15,21,24-26,32,34,42-43H,5-8,10-13,17-20H2,1H3/t25-,26+,32+. The van der Waals surface area contributed by atoms with E-state index >= 15 is 0 Å². The summed E-state index contributed by atoms with van der Waals surface area (Å²) >= 11 is 1.62. The highest BCUT2D eigenvalue weighted by Gasteiger charge is 2.45. The number of hydrogen-bond acceptors (Lipinski definition) is 9. The Hall–Kier alpha value is -3.49. The number of thiazole rings is 1. The van der Waals surface area contributed by atoms with Crippen molar-refractivity contribution in [1.82, 2.24) is 14.8 Å². The third-order valence-corrected chi connectivity index (χ3v) is 11.0. The zero-order chi connectivity index (χ0) is 31.1. The van der Waals surface area contributed by atoms with Crippen LogP contribution in [0.4, 0.5) is 5.13 Å². The Morgan fingerprint density at radius 2 is 1.82 bits per heavy atom. The highest BCUT2D eigenvalue weighted by molar-refractivity contribution is 7.14. The second-order valence-corrected chi connectivity index (χ2v) is 14.1. The van der Waals surface area contributed by atoms with E-state index in [1.54, 1.807) is 11.3 Å². The molecule has 2 aliphatic heterocycles. The fourth-order valence-electron chi connectivity index (χ4n) is 7.49. The molecule has 45 heavy (non-hydrogen) atoms. The third-order valence-electron chi connectivity index (χ3n) is 10.1. The number of carbonyl (C=O) groups is 1. The first-order valence-corrected chi connectivity index (χ1v) is 17.1. The van der Waals surface area contributed by atoms with E-state index in [-0.39, 0.29) is 30.3 Å². The number of piperazine rings is 1. The minimum atomic E-state index is -1.24. The Morgan fingerprint density at radius 1 is 1.07 bits per heavy atom. The summed E-state index contributed by atoms with van der Waals surface area (Å²) in [5.74, 6) is 1.84. The van der Waals surface area contributed by atoms with E-state index in [0.717, 1.165) is 110 Å². The lowest BCUT2D eigenvalue weighted by molar-refractivity contribution is -0.134. The van der Waals surface area contributed by atoms with Crippen molar-refractivity contribution in [3.05, 3.63) is 64.0 Å². The molecule has 2 saturated carbocycles. The van der Waals surface area contributed by atoms with E-state index in [0.29, 0.717) is 11.5 Å². The highest BCUT2D eigenvalue weighted by atomic mass is 32.1. The fraction of sp³-hybridized carbons (Fsp3) is 0.514. The van der Waals surface area contributed by atoms with Crippen LogP contribution in [-0.4, -0.2) is 76.5 Å². The number of nitriles is 1. The summed E-state index contributed by atoms with van der Waals surface area (Å²) in [7, 11) is 0. The molecule has 2 saturated heterocycles. The van der Waals surface area contributed by atoms with Crippen LogP contribution in [0.5, 0.6) is 5.75 Å². The number of benzene rings is 2. The molecule has 10 heteroatoms. The lowest BCUT2D eigenvalue weighted by atomic mass is 9.85. The van der Waals surface area contributed by atoms with Gasteiger partial charge in [-0.25, -0.2) is 4.98 Å². The quantitative estimate of drug-likeness (QED) is 0.336. The van der Waals surface area contributed by atoms with Gasteiger partial charge in [-0.3, -0.25) is 9.69 Å². The topological polar surface area (TPSA) is 113 Å². The number of amides is 1. The van der Waals surface area contributed by atoms with Crippen LogP contribution >= 0.6 is 11.3 Å². The van der Waals surface area contributed by atoms with Crippen molar-refractivity contribution >= 4 is 22.4 Å². The van der Waals surface area contributed by atoms with Crippen LogP contribution in [-0.2, 0) is 17.9 Å². The molecular formula is C35H41N5O4S. The third kappa shape index (κ3) is 6.45. The number of hydrogen-bond donors (Lipinski definition) is 2. The summed E-state index contributed by atoms with van der Waals surface area (Å²) in [5, 5.41) is 32.8. The van der Waals surface area contributed by atoms with Crippen LogP contribution in [0.15, 0.2) is 41.8 Å². The van der Waals surface area contributed by atoms with Crippen LogP contribution < -0.4 is 9.64 Å². The van der Waals surface area contributed by atoms with Gasteiger partial charge in [-0.1, -0.05) is 23.8 Å². The molecule has 3 aromatic rings. The van der Waals surface area contributed by atoms with E-state index in [4.69, 9.17) is 9.72 Å². The smallest absolute Gasteiger partial charge is 0.225 e. The van der Waals surface area contributed by atoms with Crippen LogP contribution in [0.2, 0.25) is 0 Å². The van der Waals surface area contributed by atoms with Crippen molar-refractivity contribution in [3.63, 3.8) is 0 Å². The summed E-state index contributed by atoms with van der Waals surface area (Å²) in [4.78, 5) is 24.1. The van der Waals surface area contributed by atoms with Gasteiger partial charge in [-0.15, -0.1) is 11.3 Å². The molecule has 3 heterocycles. The zero-order valence-electron chi connectivity index (χ0n) is 25.8. The maximum Gasteiger partial charge on any atom is 0.225 e. The normalized spacial score (nSPS) is 23.4. The summed E-state index contributed by atoms with van der Waals surface area (Å²) in [6, 6.07) is 14.5. The number of carbonyl (C=O) groups excluding carboxylic acids is 1. The van der Waals surface area contributed by atoms with Crippen molar-refractivity contribution in [2.75, 3.05) is 44.2 Å². The largest absolute Gasteiger partial charge is 0.488 e. The number of aliphatic hydroxyl groups excluding tert-OH is 1. The van der Waals surface area contributed by atoms with Crippen molar-refractivity contribution in [2.45, 2.75) is 52.0 Å². The minimum absolute atomic E-state index is 0.0379. The number of fused-ring (bicyclic) bond motifs is 2. The number of rotatable bonds is 9. The van der Waals surface area contributed by atoms with Crippen molar-refractivity contribution in [1.29, 1.82) is 5.26 Å². The minimum Gasteiger partial charge on any atom is -0.488 e. The molecule has 2 N–H and O–H groups in total. The summed E-state index contributed by atoms with van der Waals surface area (Å²) < 4.78 is 6.36. The van der Waals surface area contributed by atoms with E-state index in [2.05, 4.69) is 40.3 Å². The maximum atomic E-state index is 12.4. The first-order valence-electron chi connectivity index (χ1n) is 16.2. The van der Waals surface area contributed by atoms with E-state index in [1.807, 2.05) is 29.2 Å². The molecule has 0 unspecified atom stereocenters. The van der Waals surface area contributed by atoms with Gasteiger partial charge in [0.05, 0.1) is 17.3 Å². The molecule has 2 bridgehead atoms. The van der Waals surface area contributed by atoms with Crippen LogP contribution in [0.3, 0.4) is 0 Å². The van der Waals surface area contributed by atoms with E-state index in [9.17, 15) is 20.3 Å². The zero-order valence-corrected chi connectivity index (χ0v) is 26.6. The average Bonchev–Trinajstić information content (AvgIpc) is 3.71. The van der Waals surface area contributed by atoms with Gasteiger partial charge >= 0.3 is 0 Å². The van der Waals surface area contributed by atoms with Gasteiger partial charge in [0.25, 0.3) is 0 Å². The summed E-state index contributed by atoms with van der Waals surface area (Å²) in [6.45, 7) is 7.95. The molecule has 3 atom stereocenters. The lowest BCUT2D eigenvalue weighted by Crippen LogP contribution is -2.48. The molecule has 1 amide bonds. The number of piperidine rings is 1. The molecule has 1 aromatic heterocycles. The van der Waals surface area contributed by atoms with E-state index in [1.165, 1.54) is 0 Å². The number of aromatic nitrogens is 1. The molecule has 4 aliphatic rings. The molecule has 2 aliphatic carbocycles. The van der Waals surface area contributed by atoms with Gasteiger partial charge < -0.3 is 24.7 Å². The number of anilines is 1. The Morgan fingerprint density at radius 3 is 2.51 bits per heavy atom. The van der Waals surface area contributed by atoms with Gasteiger partial charge in [0.2, 0.25) is 5.91 Å². The molecule has 7 rings (SSSR count). The van der Waals surface area contributed by atoms with Gasteiger partial charge in [-0.2, -0.15) is 5.26 Å². The number of nitrogens with zero attached hydrogens (tertiary/aromatic N) is 5. The van der Waals surface area contributed by atoms with Crippen molar-refractivity contribution in [2.24, 2.45) is 23.7 Å². The number of aryl methyl sites for hydroxylation is 1. The Bertz CT molecular complexity index is 1570. The van der Waals surface area contributed by atoms with Crippen molar-refractivity contribution < 1.29 is 19.7 Å². The molecule has 4 fully saturated rings. The van der Waals surface area contributed by atoms with Crippen molar-refractivity contribution in [3.8, 4) is 23.1 Å². The Kier molecular flexibility index (Phi) is 8.53. The summed E-state index contributed by atoms with van der Waals surface area (Å²) in [5.41, 5.74) is 5.45. The number of ether oxygens (including phenoxy) is 1. The van der Waals surface area contributed by atoms with Crippen LogP contribution in [0.1, 0.15) is 47.9 Å². The van der Waals surface area contributed by atoms with Gasteiger partial charge in [0, 0.05) is 74.2 Å². The van der Waals surface area contributed by atoms with Crippen LogP contribution in [0.25, 0.3) is 11.3 Å². The van der Waals surface area contributed by atoms with Crippen LogP contribution in [0, 0.1) is 41.9 Å². The average molecular weight is 628 g/mol. The molecule has 0 spiro atoms. The maximum absolute atomic E-state index is 12.4. The molecule has 2 aromatic carbocycles. The second-order valence-electron chi connectivity index (χ2n) is 13.3. The van der Waals surface area contributed by atoms with Gasteiger partial charge in [-0.05, 0) is 68.2 Å². The Labute approximate surface area is 268 Å².